The number of aliphatic carboxylic acids is 1. The van der Waals surface area contributed by atoms with E-state index in [4.69, 9.17) is 9.84 Å². The Balaban J connectivity index is 2.64. The van der Waals surface area contributed by atoms with Gasteiger partial charge in [0.25, 0.3) is 0 Å². The van der Waals surface area contributed by atoms with Crippen molar-refractivity contribution in [1.82, 2.24) is 0 Å². The van der Waals surface area contributed by atoms with Crippen LogP contribution in [0, 0.1) is 17.8 Å². The van der Waals surface area contributed by atoms with Gasteiger partial charge in [0, 0.05) is 7.11 Å². The topological polar surface area (TPSA) is 46.5 Å². The molecule has 0 aromatic carbocycles. The van der Waals surface area contributed by atoms with Crippen LogP contribution >= 0.6 is 0 Å². The SMILES string of the molecule is CO[C@@H]1CCC(C(=O)O)[C@H](C)[C@@H]1C. The van der Waals surface area contributed by atoms with Crippen LogP contribution in [0.15, 0.2) is 0 Å². The summed E-state index contributed by atoms with van der Waals surface area (Å²) in [7, 11) is 1.70. The molecule has 0 aliphatic heterocycles. The summed E-state index contributed by atoms with van der Waals surface area (Å²) in [6.07, 6.45) is 1.86. The van der Waals surface area contributed by atoms with Crippen molar-refractivity contribution >= 4 is 5.97 Å². The van der Waals surface area contributed by atoms with Crippen LogP contribution in [0.4, 0.5) is 0 Å². The van der Waals surface area contributed by atoms with Crippen molar-refractivity contribution in [2.24, 2.45) is 17.8 Å². The van der Waals surface area contributed by atoms with Crippen molar-refractivity contribution in [3.63, 3.8) is 0 Å². The third-order valence-corrected chi connectivity index (χ3v) is 3.43. The molecule has 1 unspecified atom stereocenters. The van der Waals surface area contributed by atoms with Gasteiger partial charge in [0.2, 0.25) is 0 Å². The first-order valence-electron chi connectivity index (χ1n) is 4.83. The molecule has 13 heavy (non-hydrogen) atoms. The minimum Gasteiger partial charge on any atom is -0.481 e. The van der Waals surface area contributed by atoms with Gasteiger partial charge in [-0.15, -0.1) is 0 Å². The predicted molar refractivity (Wildman–Crippen MR) is 49.5 cm³/mol. The Kier molecular flexibility index (Phi) is 3.31. The van der Waals surface area contributed by atoms with E-state index in [9.17, 15) is 4.79 Å². The quantitative estimate of drug-likeness (QED) is 0.715. The zero-order valence-corrected chi connectivity index (χ0v) is 8.49. The molecule has 1 aliphatic rings. The molecule has 0 heterocycles. The Labute approximate surface area is 79.1 Å². The Morgan fingerprint density at radius 1 is 1.31 bits per heavy atom. The number of carbonyl (C=O) groups is 1. The summed E-state index contributed by atoms with van der Waals surface area (Å²) in [5.74, 6) is -0.272. The first-order valence-corrected chi connectivity index (χ1v) is 4.83. The molecule has 1 aliphatic carbocycles. The van der Waals surface area contributed by atoms with E-state index < -0.39 is 5.97 Å². The highest BCUT2D eigenvalue weighted by Gasteiger charge is 2.37. The van der Waals surface area contributed by atoms with Gasteiger partial charge >= 0.3 is 5.97 Å². The molecule has 3 heteroatoms. The van der Waals surface area contributed by atoms with Gasteiger partial charge in [-0.25, -0.2) is 0 Å². The van der Waals surface area contributed by atoms with E-state index in [1.807, 2.05) is 6.92 Å². The minimum absolute atomic E-state index is 0.179. The molecule has 1 saturated carbocycles. The summed E-state index contributed by atoms with van der Waals surface area (Å²) in [5, 5.41) is 8.94. The number of carboxylic acid groups (broad SMARTS) is 1. The van der Waals surface area contributed by atoms with Gasteiger partial charge in [0.05, 0.1) is 12.0 Å². The predicted octanol–water partition coefficient (Wildman–Crippen LogP) is 1.77. The molecule has 3 nitrogen and oxygen atoms in total. The molecular formula is C10H18O3. The number of ether oxygens (including phenoxy) is 1. The van der Waals surface area contributed by atoms with Crippen molar-refractivity contribution in [2.45, 2.75) is 32.8 Å². The fourth-order valence-electron chi connectivity index (χ4n) is 2.26. The second kappa shape index (κ2) is 4.09. The van der Waals surface area contributed by atoms with Crippen molar-refractivity contribution in [1.29, 1.82) is 0 Å². The van der Waals surface area contributed by atoms with Gasteiger partial charge < -0.3 is 9.84 Å². The van der Waals surface area contributed by atoms with Crippen LogP contribution in [0.5, 0.6) is 0 Å². The van der Waals surface area contributed by atoms with Crippen LogP contribution in [0.2, 0.25) is 0 Å². The van der Waals surface area contributed by atoms with Crippen LogP contribution in [-0.2, 0) is 9.53 Å². The number of hydrogen-bond acceptors (Lipinski definition) is 2. The van der Waals surface area contributed by atoms with E-state index in [0.29, 0.717) is 5.92 Å². The molecule has 0 amide bonds. The Morgan fingerprint density at radius 3 is 2.38 bits per heavy atom. The maximum Gasteiger partial charge on any atom is 0.306 e. The smallest absolute Gasteiger partial charge is 0.306 e. The van der Waals surface area contributed by atoms with E-state index in [2.05, 4.69) is 6.92 Å². The lowest BCUT2D eigenvalue weighted by molar-refractivity contribution is -0.148. The van der Waals surface area contributed by atoms with Crippen molar-refractivity contribution in [3.8, 4) is 0 Å². The molecule has 0 spiro atoms. The Hall–Kier alpha value is -0.570. The molecule has 76 valence electrons. The molecule has 0 aromatic heterocycles. The van der Waals surface area contributed by atoms with Crippen molar-refractivity contribution in [2.75, 3.05) is 7.11 Å². The molecule has 1 N–H and O–H groups in total. The Bertz CT molecular complexity index is 191. The van der Waals surface area contributed by atoms with Crippen LogP contribution in [0.1, 0.15) is 26.7 Å². The minimum atomic E-state index is -0.658. The van der Waals surface area contributed by atoms with E-state index in [0.717, 1.165) is 12.8 Å². The molecule has 0 radical (unpaired) electrons. The number of carboxylic acids is 1. The van der Waals surface area contributed by atoms with Crippen LogP contribution in [0.25, 0.3) is 0 Å². The average molecular weight is 186 g/mol. The van der Waals surface area contributed by atoms with Gasteiger partial charge in [-0.3, -0.25) is 4.79 Å². The number of hydrogen-bond donors (Lipinski definition) is 1. The van der Waals surface area contributed by atoms with E-state index in [1.54, 1.807) is 7.11 Å². The maximum atomic E-state index is 10.9. The third-order valence-electron chi connectivity index (χ3n) is 3.43. The summed E-state index contributed by atoms with van der Waals surface area (Å²) < 4.78 is 5.31. The first kappa shape index (κ1) is 10.5. The van der Waals surface area contributed by atoms with Crippen molar-refractivity contribution < 1.29 is 14.6 Å². The normalized spacial score (nSPS) is 40.2. The highest BCUT2D eigenvalue weighted by Crippen LogP contribution is 2.35. The maximum absolute atomic E-state index is 10.9. The lowest BCUT2D eigenvalue weighted by Gasteiger charge is -2.37. The summed E-state index contributed by atoms with van der Waals surface area (Å²) >= 11 is 0. The Morgan fingerprint density at radius 2 is 1.92 bits per heavy atom. The average Bonchev–Trinajstić information content (AvgIpc) is 2.09. The molecule has 0 saturated heterocycles. The zero-order valence-electron chi connectivity index (χ0n) is 8.49. The van der Waals surface area contributed by atoms with Gasteiger partial charge in [0.15, 0.2) is 0 Å². The largest absolute Gasteiger partial charge is 0.481 e. The second-order valence-electron chi connectivity index (χ2n) is 4.01. The van der Waals surface area contributed by atoms with Gasteiger partial charge in [-0.05, 0) is 24.7 Å². The highest BCUT2D eigenvalue weighted by atomic mass is 16.5. The molecular weight excluding hydrogens is 168 g/mol. The lowest BCUT2D eigenvalue weighted by atomic mass is 9.72. The van der Waals surface area contributed by atoms with Crippen LogP contribution in [0.3, 0.4) is 0 Å². The van der Waals surface area contributed by atoms with Crippen LogP contribution in [-0.4, -0.2) is 24.3 Å². The number of methoxy groups -OCH3 is 1. The summed E-state index contributed by atoms with van der Waals surface area (Å²) in [4.78, 5) is 10.9. The highest BCUT2D eigenvalue weighted by molar-refractivity contribution is 5.70. The lowest BCUT2D eigenvalue weighted by Crippen LogP contribution is -2.39. The molecule has 0 aromatic rings. The first-order chi connectivity index (χ1) is 6.07. The third kappa shape index (κ3) is 2.02. The van der Waals surface area contributed by atoms with E-state index in [-0.39, 0.29) is 17.9 Å². The van der Waals surface area contributed by atoms with Crippen molar-refractivity contribution in [3.05, 3.63) is 0 Å². The molecule has 4 atom stereocenters. The van der Waals surface area contributed by atoms with Crippen LogP contribution < -0.4 is 0 Å². The molecule has 1 rings (SSSR count). The van der Waals surface area contributed by atoms with E-state index >= 15 is 0 Å². The molecule has 0 bridgehead atoms. The van der Waals surface area contributed by atoms with Gasteiger partial charge in [0.1, 0.15) is 0 Å². The monoisotopic (exact) mass is 186 g/mol. The van der Waals surface area contributed by atoms with Gasteiger partial charge in [-0.2, -0.15) is 0 Å². The second-order valence-corrected chi connectivity index (χ2v) is 4.01. The fraction of sp³-hybridized carbons (Fsp3) is 0.900. The fourth-order valence-corrected chi connectivity index (χ4v) is 2.26. The number of rotatable bonds is 2. The summed E-state index contributed by atoms with van der Waals surface area (Å²) in [6.45, 7) is 4.09. The van der Waals surface area contributed by atoms with Gasteiger partial charge in [-0.1, -0.05) is 13.8 Å². The van der Waals surface area contributed by atoms with E-state index in [1.165, 1.54) is 0 Å². The standard InChI is InChI=1S/C10H18O3/c1-6-7(2)9(13-3)5-4-8(6)10(11)12/h6-9H,4-5H2,1-3H3,(H,11,12)/t6-,7+,8?,9-/m1/s1. The molecule has 1 fully saturated rings. The zero-order chi connectivity index (χ0) is 10.0. The summed E-state index contributed by atoms with van der Waals surface area (Å²) in [5.41, 5.74) is 0. The summed E-state index contributed by atoms with van der Waals surface area (Å²) in [6, 6.07) is 0.